The third-order valence-electron chi connectivity index (χ3n) is 6.60. The number of hydrogen-bond acceptors (Lipinski definition) is 9. The Labute approximate surface area is 197 Å². The Morgan fingerprint density at radius 3 is 2.74 bits per heavy atom. The highest BCUT2D eigenvalue weighted by molar-refractivity contribution is 5.79. The molecule has 2 saturated heterocycles. The van der Waals surface area contributed by atoms with Crippen LogP contribution in [-0.4, -0.2) is 71.0 Å². The van der Waals surface area contributed by atoms with Gasteiger partial charge in [-0.15, -0.1) is 0 Å². The third kappa shape index (κ3) is 4.28. The molecule has 4 heterocycles. The number of hydrogen-bond donors (Lipinski definition) is 2. The fourth-order valence-corrected chi connectivity index (χ4v) is 4.47. The second kappa shape index (κ2) is 9.00. The number of ether oxygens (including phenoxy) is 4. The van der Waals surface area contributed by atoms with E-state index in [9.17, 15) is 10.4 Å². The molecule has 180 valence electrons. The predicted molar refractivity (Wildman–Crippen MR) is 123 cm³/mol. The number of aliphatic hydroxyl groups is 1. The van der Waals surface area contributed by atoms with Crippen LogP contribution in [0.5, 0.6) is 0 Å². The Morgan fingerprint density at radius 2 is 2.06 bits per heavy atom. The smallest absolute Gasteiger partial charge is 0.229 e. The lowest BCUT2D eigenvalue weighted by Gasteiger charge is -2.34. The number of anilines is 1. The second-order valence-corrected chi connectivity index (χ2v) is 9.43. The fourth-order valence-electron chi connectivity index (χ4n) is 4.47. The van der Waals surface area contributed by atoms with Crippen LogP contribution in [0, 0.1) is 17.2 Å². The van der Waals surface area contributed by atoms with Crippen LogP contribution in [0.3, 0.4) is 0 Å². The normalized spacial score (nSPS) is 25.4. The largest absolute Gasteiger partial charge is 0.488 e. The lowest BCUT2D eigenvalue weighted by molar-refractivity contribution is -0.112. The van der Waals surface area contributed by atoms with Crippen LogP contribution in [0.4, 0.5) is 5.95 Å². The van der Waals surface area contributed by atoms with Gasteiger partial charge in [0.25, 0.3) is 0 Å². The summed E-state index contributed by atoms with van der Waals surface area (Å²) in [7, 11) is 1.64. The molecule has 0 bridgehead atoms. The summed E-state index contributed by atoms with van der Waals surface area (Å²) in [4.78, 5) is 9.21. The van der Waals surface area contributed by atoms with Gasteiger partial charge >= 0.3 is 0 Å². The van der Waals surface area contributed by atoms with E-state index < -0.39 is 5.60 Å². The highest BCUT2D eigenvalue weighted by Gasteiger charge is 2.34. The third-order valence-corrected chi connectivity index (χ3v) is 6.60. The quantitative estimate of drug-likeness (QED) is 0.631. The predicted octanol–water partition coefficient (Wildman–Crippen LogP) is 2.28. The van der Waals surface area contributed by atoms with Crippen molar-refractivity contribution in [2.75, 3.05) is 38.9 Å². The van der Waals surface area contributed by atoms with Crippen molar-refractivity contribution in [3.8, 4) is 6.07 Å². The molecule has 2 fully saturated rings. The van der Waals surface area contributed by atoms with Crippen LogP contribution in [0.15, 0.2) is 35.9 Å². The summed E-state index contributed by atoms with van der Waals surface area (Å²) in [6.45, 7) is 5.59. The topological polar surface area (TPSA) is 124 Å². The van der Waals surface area contributed by atoms with Crippen LogP contribution in [0.25, 0.3) is 11.0 Å². The molecule has 2 aliphatic heterocycles. The SMILES string of the molecule is CO[C@H]1COC[C@@H]1n1c(C#N)cc2cnc(NC3=C(OC4COC4)CC(C(C)(C)O)C=C3)nc21. The van der Waals surface area contributed by atoms with Crippen molar-refractivity contribution < 1.29 is 24.1 Å². The molecule has 0 aromatic carbocycles. The van der Waals surface area contributed by atoms with Crippen molar-refractivity contribution in [2.45, 2.75) is 44.1 Å². The molecule has 1 unspecified atom stereocenters. The molecule has 10 nitrogen and oxygen atoms in total. The van der Waals surface area contributed by atoms with Gasteiger partial charge in [0.1, 0.15) is 35.4 Å². The maximum absolute atomic E-state index is 10.5. The molecule has 10 heteroatoms. The first-order chi connectivity index (χ1) is 16.4. The highest BCUT2D eigenvalue weighted by Crippen LogP contribution is 2.34. The number of nitrogens with one attached hydrogen (secondary N) is 1. The van der Waals surface area contributed by atoms with Crippen molar-refractivity contribution in [2.24, 2.45) is 5.92 Å². The van der Waals surface area contributed by atoms with Gasteiger partial charge in [-0.05, 0) is 26.0 Å². The molecule has 0 spiro atoms. The zero-order valence-electron chi connectivity index (χ0n) is 19.5. The number of nitrogens with zero attached hydrogens (tertiary/aromatic N) is 4. The van der Waals surface area contributed by atoms with Gasteiger partial charge < -0.3 is 33.9 Å². The van der Waals surface area contributed by atoms with E-state index in [4.69, 9.17) is 23.9 Å². The summed E-state index contributed by atoms with van der Waals surface area (Å²) in [5.41, 5.74) is 0.983. The Balaban J connectivity index is 1.48. The van der Waals surface area contributed by atoms with Crippen LogP contribution in [0.2, 0.25) is 0 Å². The molecular formula is C24H29N5O5. The summed E-state index contributed by atoms with van der Waals surface area (Å²) >= 11 is 0. The van der Waals surface area contributed by atoms with E-state index in [0.29, 0.717) is 50.1 Å². The van der Waals surface area contributed by atoms with Crippen LogP contribution in [-0.2, 0) is 18.9 Å². The maximum Gasteiger partial charge on any atom is 0.229 e. The van der Waals surface area contributed by atoms with Crippen molar-refractivity contribution in [1.29, 1.82) is 5.26 Å². The summed E-state index contributed by atoms with van der Waals surface area (Å²) in [5, 5.41) is 24.3. The number of aromatic nitrogens is 3. The number of nitriles is 1. The molecule has 1 aliphatic carbocycles. The van der Waals surface area contributed by atoms with Crippen LogP contribution >= 0.6 is 0 Å². The van der Waals surface area contributed by atoms with Crippen molar-refractivity contribution in [1.82, 2.24) is 14.5 Å². The number of allylic oxidation sites excluding steroid dienone is 2. The van der Waals surface area contributed by atoms with Gasteiger partial charge in [-0.2, -0.15) is 10.2 Å². The van der Waals surface area contributed by atoms with Gasteiger partial charge in [-0.3, -0.25) is 0 Å². The summed E-state index contributed by atoms with van der Waals surface area (Å²) in [5.74, 6) is 1.04. The van der Waals surface area contributed by atoms with Crippen molar-refractivity contribution >= 4 is 17.0 Å². The zero-order valence-corrected chi connectivity index (χ0v) is 19.5. The van der Waals surface area contributed by atoms with Gasteiger partial charge in [0.05, 0.1) is 43.8 Å². The molecule has 34 heavy (non-hydrogen) atoms. The first-order valence-electron chi connectivity index (χ1n) is 11.4. The van der Waals surface area contributed by atoms with E-state index in [1.165, 1.54) is 0 Å². The van der Waals surface area contributed by atoms with E-state index in [2.05, 4.69) is 16.4 Å². The monoisotopic (exact) mass is 467 g/mol. The maximum atomic E-state index is 10.5. The molecule has 0 radical (unpaired) electrons. The van der Waals surface area contributed by atoms with Crippen molar-refractivity contribution in [3.05, 3.63) is 41.6 Å². The van der Waals surface area contributed by atoms with E-state index in [1.54, 1.807) is 33.2 Å². The molecular weight excluding hydrogens is 438 g/mol. The minimum atomic E-state index is -0.877. The first kappa shape index (κ1) is 22.8. The van der Waals surface area contributed by atoms with Gasteiger partial charge in [-0.1, -0.05) is 6.08 Å². The highest BCUT2D eigenvalue weighted by atomic mass is 16.6. The summed E-state index contributed by atoms with van der Waals surface area (Å²) in [6.07, 6.45) is 5.95. The standard InChI is InChI=1S/C24H29N5O5/c1-24(2,30)15-4-5-18(20(7-15)34-17-10-32-11-17)27-23-26-9-14-6-16(8-25)29(22(14)28-23)19-12-33-13-21(19)31-3/h4-6,9,15,17,19,21,30H,7,10-13H2,1-3H3,(H,26,27,28)/t15?,19-,21-/m0/s1. The van der Waals surface area contributed by atoms with Gasteiger partial charge in [0.2, 0.25) is 5.95 Å². The second-order valence-electron chi connectivity index (χ2n) is 9.43. The average molecular weight is 468 g/mol. The van der Waals surface area contributed by atoms with E-state index in [0.717, 1.165) is 16.8 Å². The number of fused-ring (bicyclic) bond motifs is 1. The van der Waals surface area contributed by atoms with Gasteiger partial charge in [-0.25, -0.2) is 4.98 Å². The van der Waals surface area contributed by atoms with Gasteiger partial charge in [0.15, 0.2) is 0 Å². The number of rotatable bonds is 7. The van der Waals surface area contributed by atoms with Crippen molar-refractivity contribution in [3.63, 3.8) is 0 Å². The molecule has 0 saturated carbocycles. The Hall–Kier alpha value is -2.97. The molecule has 5 rings (SSSR count). The first-order valence-corrected chi connectivity index (χ1v) is 11.4. The molecule has 2 aromatic rings. The van der Waals surface area contributed by atoms with E-state index in [1.807, 2.05) is 16.7 Å². The molecule has 3 atom stereocenters. The van der Waals surface area contributed by atoms with Crippen LogP contribution < -0.4 is 5.32 Å². The fraction of sp³-hybridized carbons (Fsp3) is 0.542. The minimum Gasteiger partial charge on any atom is -0.488 e. The summed E-state index contributed by atoms with van der Waals surface area (Å²) in [6, 6.07) is 3.88. The Kier molecular flexibility index (Phi) is 6.04. The molecule has 2 aromatic heterocycles. The number of methoxy groups -OCH3 is 1. The van der Waals surface area contributed by atoms with E-state index >= 15 is 0 Å². The molecule has 0 amide bonds. The van der Waals surface area contributed by atoms with Gasteiger partial charge in [0, 0.05) is 31.0 Å². The lowest BCUT2D eigenvalue weighted by atomic mass is 9.84. The Bertz CT molecular complexity index is 1170. The van der Waals surface area contributed by atoms with E-state index in [-0.39, 0.29) is 24.2 Å². The molecule has 2 N–H and O–H groups in total. The van der Waals surface area contributed by atoms with Crippen LogP contribution in [0.1, 0.15) is 32.0 Å². The Morgan fingerprint density at radius 1 is 1.26 bits per heavy atom. The summed E-state index contributed by atoms with van der Waals surface area (Å²) < 4.78 is 24.5. The lowest BCUT2D eigenvalue weighted by Crippen LogP contribution is -2.38. The average Bonchev–Trinajstić information content (AvgIpc) is 3.39. The molecule has 3 aliphatic rings. The minimum absolute atomic E-state index is 0.00656. The zero-order chi connectivity index (χ0) is 23.9.